The van der Waals surface area contributed by atoms with E-state index in [4.69, 9.17) is 10.5 Å². The lowest BCUT2D eigenvalue weighted by Gasteiger charge is -2.31. The standard InChI is InChI=1S/C20H24N2O4/c1-20(2,3)26-19(25)22(13-14-8-7-11-16(21)12-14)17(18(23)24)15-9-5-4-6-10-15/h4-12,17H,13,21H2,1-3H3,(H,23,24). The van der Waals surface area contributed by atoms with Crippen LogP contribution in [0.25, 0.3) is 0 Å². The van der Waals surface area contributed by atoms with Gasteiger partial charge >= 0.3 is 12.1 Å². The molecule has 2 aromatic carbocycles. The van der Waals surface area contributed by atoms with Crippen molar-refractivity contribution in [1.29, 1.82) is 0 Å². The van der Waals surface area contributed by atoms with Crippen molar-refractivity contribution < 1.29 is 19.4 Å². The van der Waals surface area contributed by atoms with Crippen molar-refractivity contribution in [2.24, 2.45) is 0 Å². The Kier molecular flexibility index (Phi) is 5.87. The van der Waals surface area contributed by atoms with Crippen LogP contribution in [-0.2, 0) is 16.1 Å². The van der Waals surface area contributed by atoms with Gasteiger partial charge in [-0.25, -0.2) is 9.59 Å². The minimum atomic E-state index is -1.17. The average molecular weight is 356 g/mol. The summed E-state index contributed by atoms with van der Waals surface area (Å²) in [5.74, 6) is -1.13. The number of nitrogens with two attached hydrogens (primary N) is 1. The molecule has 0 saturated heterocycles. The fourth-order valence-corrected chi connectivity index (χ4v) is 2.56. The Morgan fingerprint density at radius 2 is 1.77 bits per heavy atom. The Balaban J connectivity index is 2.43. The molecule has 2 aromatic rings. The quantitative estimate of drug-likeness (QED) is 0.794. The Morgan fingerprint density at radius 3 is 2.31 bits per heavy atom. The highest BCUT2D eigenvalue weighted by Gasteiger charge is 2.34. The summed E-state index contributed by atoms with van der Waals surface area (Å²) >= 11 is 0. The fourth-order valence-electron chi connectivity index (χ4n) is 2.56. The van der Waals surface area contributed by atoms with Crippen LogP contribution in [0.1, 0.15) is 37.9 Å². The van der Waals surface area contributed by atoms with Crippen molar-refractivity contribution in [2.45, 2.75) is 39.0 Å². The zero-order chi connectivity index (χ0) is 19.3. The molecule has 0 saturated carbocycles. The number of rotatable bonds is 5. The minimum Gasteiger partial charge on any atom is -0.479 e. The monoisotopic (exact) mass is 356 g/mol. The van der Waals surface area contributed by atoms with Crippen LogP contribution >= 0.6 is 0 Å². The van der Waals surface area contributed by atoms with Gasteiger partial charge in [-0.2, -0.15) is 0 Å². The van der Waals surface area contributed by atoms with E-state index in [1.54, 1.807) is 75.4 Å². The van der Waals surface area contributed by atoms with Gasteiger partial charge in [0, 0.05) is 5.69 Å². The molecule has 1 atom stereocenters. The summed E-state index contributed by atoms with van der Waals surface area (Å²) < 4.78 is 5.45. The molecule has 0 spiro atoms. The maximum absolute atomic E-state index is 12.8. The van der Waals surface area contributed by atoms with Crippen molar-refractivity contribution in [2.75, 3.05) is 5.73 Å². The molecule has 0 aliphatic heterocycles. The molecule has 6 nitrogen and oxygen atoms in total. The van der Waals surface area contributed by atoms with E-state index in [-0.39, 0.29) is 6.54 Å². The first-order valence-corrected chi connectivity index (χ1v) is 8.29. The molecule has 26 heavy (non-hydrogen) atoms. The van der Waals surface area contributed by atoms with Crippen LogP contribution in [0.2, 0.25) is 0 Å². The predicted molar refractivity (Wildman–Crippen MR) is 99.5 cm³/mol. The Labute approximate surface area is 153 Å². The Bertz CT molecular complexity index is 769. The van der Waals surface area contributed by atoms with E-state index in [0.29, 0.717) is 11.3 Å². The molecular formula is C20H24N2O4. The summed E-state index contributed by atoms with van der Waals surface area (Å²) in [6.07, 6.45) is -0.698. The molecule has 138 valence electrons. The molecule has 3 N–H and O–H groups in total. The smallest absolute Gasteiger partial charge is 0.411 e. The van der Waals surface area contributed by atoms with Gasteiger partial charge in [0.1, 0.15) is 5.60 Å². The third kappa shape index (κ3) is 5.24. The van der Waals surface area contributed by atoms with Gasteiger partial charge in [0.05, 0.1) is 6.54 Å². The second-order valence-electron chi connectivity index (χ2n) is 7.00. The molecule has 0 radical (unpaired) electrons. The number of hydrogen-bond donors (Lipinski definition) is 2. The summed E-state index contributed by atoms with van der Waals surface area (Å²) in [7, 11) is 0. The van der Waals surface area contributed by atoms with E-state index in [0.717, 1.165) is 5.56 Å². The maximum Gasteiger partial charge on any atom is 0.411 e. The number of carboxylic acid groups (broad SMARTS) is 1. The lowest BCUT2D eigenvalue weighted by Crippen LogP contribution is -2.41. The summed E-state index contributed by atoms with van der Waals surface area (Å²) in [6, 6.07) is 14.4. The number of aliphatic carboxylic acids is 1. The van der Waals surface area contributed by atoms with E-state index in [9.17, 15) is 14.7 Å². The molecule has 6 heteroatoms. The SMILES string of the molecule is CC(C)(C)OC(=O)N(Cc1cccc(N)c1)C(C(=O)O)c1ccccc1. The average Bonchev–Trinajstić information content (AvgIpc) is 2.53. The van der Waals surface area contributed by atoms with Crippen LogP contribution in [-0.4, -0.2) is 27.7 Å². The summed E-state index contributed by atoms with van der Waals surface area (Å²) in [6.45, 7) is 5.28. The Morgan fingerprint density at radius 1 is 1.12 bits per heavy atom. The lowest BCUT2D eigenvalue weighted by atomic mass is 10.0. The predicted octanol–water partition coefficient (Wildman–Crippen LogP) is 3.83. The van der Waals surface area contributed by atoms with Gasteiger partial charge in [-0.1, -0.05) is 42.5 Å². The van der Waals surface area contributed by atoms with Crippen molar-refractivity contribution in [3.63, 3.8) is 0 Å². The van der Waals surface area contributed by atoms with Crippen molar-refractivity contribution in [1.82, 2.24) is 4.90 Å². The molecule has 1 amide bonds. The minimum absolute atomic E-state index is 0.0613. The molecule has 0 aliphatic carbocycles. The van der Waals surface area contributed by atoms with Crippen LogP contribution in [0, 0.1) is 0 Å². The number of anilines is 1. The largest absolute Gasteiger partial charge is 0.479 e. The number of hydrogen-bond acceptors (Lipinski definition) is 4. The van der Waals surface area contributed by atoms with Crippen LogP contribution in [0.5, 0.6) is 0 Å². The fraction of sp³-hybridized carbons (Fsp3) is 0.300. The molecule has 0 bridgehead atoms. The number of amides is 1. The Hall–Kier alpha value is -3.02. The third-order valence-electron chi connectivity index (χ3n) is 3.59. The zero-order valence-corrected chi connectivity index (χ0v) is 15.2. The maximum atomic E-state index is 12.8. The van der Waals surface area contributed by atoms with Crippen LogP contribution in [0.15, 0.2) is 54.6 Å². The highest BCUT2D eigenvalue weighted by Crippen LogP contribution is 2.26. The third-order valence-corrected chi connectivity index (χ3v) is 3.59. The molecule has 0 heterocycles. The molecule has 1 unspecified atom stereocenters. The van der Waals surface area contributed by atoms with Crippen molar-refractivity contribution >= 4 is 17.7 Å². The first kappa shape index (κ1) is 19.3. The molecule has 0 aliphatic rings. The number of carbonyl (C=O) groups is 2. The lowest BCUT2D eigenvalue weighted by molar-refractivity contribution is -0.143. The number of ether oxygens (including phenoxy) is 1. The zero-order valence-electron chi connectivity index (χ0n) is 15.2. The highest BCUT2D eigenvalue weighted by molar-refractivity contribution is 5.81. The first-order valence-electron chi connectivity index (χ1n) is 8.29. The topological polar surface area (TPSA) is 92.9 Å². The molecular weight excluding hydrogens is 332 g/mol. The van der Waals surface area contributed by atoms with Gasteiger partial charge in [-0.15, -0.1) is 0 Å². The number of carboxylic acids is 1. The summed E-state index contributed by atoms with van der Waals surface area (Å²) in [5, 5.41) is 9.80. The van der Waals surface area contributed by atoms with E-state index >= 15 is 0 Å². The number of benzene rings is 2. The second-order valence-corrected chi connectivity index (χ2v) is 7.00. The second kappa shape index (κ2) is 7.91. The van der Waals surface area contributed by atoms with Gasteiger partial charge in [0.15, 0.2) is 6.04 Å². The summed E-state index contributed by atoms with van der Waals surface area (Å²) in [4.78, 5) is 26.0. The van der Waals surface area contributed by atoms with E-state index in [1.807, 2.05) is 0 Å². The van der Waals surface area contributed by atoms with Crippen LogP contribution < -0.4 is 5.73 Å². The van der Waals surface area contributed by atoms with Crippen molar-refractivity contribution in [3.05, 3.63) is 65.7 Å². The van der Waals surface area contributed by atoms with Gasteiger partial charge in [0.25, 0.3) is 0 Å². The summed E-state index contributed by atoms with van der Waals surface area (Å²) in [5.41, 5.74) is 6.82. The van der Waals surface area contributed by atoms with E-state index in [2.05, 4.69) is 0 Å². The molecule has 0 aromatic heterocycles. The van der Waals surface area contributed by atoms with Gasteiger partial charge in [-0.3, -0.25) is 4.90 Å². The number of nitrogen functional groups attached to an aromatic ring is 1. The number of nitrogens with zero attached hydrogens (tertiary/aromatic N) is 1. The first-order chi connectivity index (χ1) is 12.2. The normalized spacial score (nSPS) is 12.3. The van der Waals surface area contributed by atoms with Gasteiger partial charge in [0.2, 0.25) is 0 Å². The van der Waals surface area contributed by atoms with Crippen LogP contribution in [0.3, 0.4) is 0 Å². The highest BCUT2D eigenvalue weighted by atomic mass is 16.6. The molecule has 2 rings (SSSR count). The van der Waals surface area contributed by atoms with E-state index < -0.39 is 23.7 Å². The van der Waals surface area contributed by atoms with Crippen LogP contribution in [0.4, 0.5) is 10.5 Å². The van der Waals surface area contributed by atoms with Gasteiger partial charge in [-0.05, 0) is 44.0 Å². The molecule has 0 fully saturated rings. The van der Waals surface area contributed by atoms with E-state index in [1.165, 1.54) is 4.90 Å². The number of carbonyl (C=O) groups excluding carboxylic acids is 1. The van der Waals surface area contributed by atoms with Gasteiger partial charge < -0.3 is 15.6 Å². The van der Waals surface area contributed by atoms with Crippen molar-refractivity contribution in [3.8, 4) is 0 Å².